The topological polar surface area (TPSA) is 51.7 Å². The van der Waals surface area contributed by atoms with Gasteiger partial charge in [-0.25, -0.2) is 4.98 Å². The zero-order valence-electron chi connectivity index (χ0n) is 20.6. The minimum Gasteiger partial charge on any atom is -0.384 e. The molecule has 5 rings (SSSR count). The summed E-state index contributed by atoms with van der Waals surface area (Å²) < 4.78 is 0. The van der Waals surface area contributed by atoms with E-state index in [1.54, 1.807) is 11.3 Å². The molecule has 182 valence electrons. The van der Waals surface area contributed by atoms with Gasteiger partial charge in [-0.3, -0.25) is 9.69 Å². The van der Waals surface area contributed by atoms with Gasteiger partial charge in [0.1, 0.15) is 11.5 Å². The largest absolute Gasteiger partial charge is 0.384 e. The van der Waals surface area contributed by atoms with Crippen molar-refractivity contribution in [2.75, 3.05) is 49.7 Å². The summed E-state index contributed by atoms with van der Waals surface area (Å²) in [6, 6.07) is 16.3. The number of carbonyl (C=O) groups excluding carboxylic acids is 1. The predicted octanol–water partition coefficient (Wildman–Crippen LogP) is 5.08. The number of para-hydroxylation sites is 1. The summed E-state index contributed by atoms with van der Waals surface area (Å²) in [5.74, 6) is 0.821. The predicted molar refractivity (Wildman–Crippen MR) is 146 cm³/mol. The first kappa shape index (κ1) is 23.6. The number of rotatable bonds is 6. The number of amides is 1. The average Bonchev–Trinajstić information content (AvgIpc) is 3.25. The van der Waals surface area contributed by atoms with Crippen molar-refractivity contribution in [3.8, 4) is 10.4 Å². The molecule has 3 aromatic rings. The molecule has 2 aromatic heterocycles. The van der Waals surface area contributed by atoms with E-state index in [4.69, 9.17) is 4.98 Å². The summed E-state index contributed by atoms with van der Waals surface area (Å²) in [5, 5.41) is 3.42. The third-order valence-electron chi connectivity index (χ3n) is 6.64. The van der Waals surface area contributed by atoms with Crippen molar-refractivity contribution in [1.82, 2.24) is 15.2 Å². The van der Waals surface area contributed by atoms with Crippen LogP contribution in [0.15, 0.2) is 55.1 Å². The Morgan fingerprint density at radius 1 is 1.14 bits per heavy atom. The van der Waals surface area contributed by atoms with Gasteiger partial charge in [0, 0.05) is 42.3 Å². The molecule has 1 amide bonds. The maximum absolute atomic E-state index is 13.8. The highest BCUT2D eigenvalue weighted by molar-refractivity contribution is 7.16. The molecule has 0 unspecified atom stereocenters. The van der Waals surface area contributed by atoms with Crippen LogP contribution in [0.2, 0.25) is 0 Å². The van der Waals surface area contributed by atoms with E-state index in [0.717, 1.165) is 68.3 Å². The van der Waals surface area contributed by atoms with Crippen molar-refractivity contribution in [2.45, 2.75) is 26.2 Å². The van der Waals surface area contributed by atoms with E-state index in [9.17, 15) is 4.79 Å². The van der Waals surface area contributed by atoms with Gasteiger partial charge in [0.25, 0.3) is 5.91 Å². The molecule has 0 spiro atoms. The minimum atomic E-state index is -0.0472. The molecule has 4 heterocycles. The monoisotopic (exact) mass is 487 g/mol. The van der Waals surface area contributed by atoms with Crippen molar-refractivity contribution in [3.63, 3.8) is 0 Å². The molecule has 1 aromatic carbocycles. The van der Waals surface area contributed by atoms with Gasteiger partial charge in [-0.1, -0.05) is 37.8 Å². The molecular formula is C28H33N5OS. The van der Waals surface area contributed by atoms with Crippen LogP contribution in [0.25, 0.3) is 16.1 Å². The van der Waals surface area contributed by atoms with Gasteiger partial charge in [-0.2, -0.15) is 0 Å². The molecule has 6 nitrogen and oxygen atoms in total. The van der Waals surface area contributed by atoms with Gasteiger partial charge in [-0.05, 0) is 56.1 Å². The van der Waals surface area contributed by atoms with Crippen molar-refractivity contribution in [1.29, 1.82) is 0 Å². The van der Waals surface area contributed by atoms with E-state index in [-0.39, 0.29) is 5.91 Å². The number of benzene rings is 1. The van der Waals surface area contributed by atoms with Crippen LogP contribution in [0.5, 0.6) is 0 Å². The number of aromatic nitrogens is 1. The number of fused-ring (bicyclic) bond motifs is 3. The summed E-state index contributed by atoms with van der Waals surface area (Å²) in [7, 11) is 2.12. The maximum Gasteiger partial charge on any atom is 0.276 e. The molecule has 1 saturated heterocycles. The zero-order chi connectivity index (χ0) is 24.4. The minimum absolute atomic E-state index is 0.0472. The van der Waals surface area contributed by atoms with Gasteiger partial charge < -0.3 is 15.1 Å². The molecule has 7 heteroatoms. The summed E-state index contributed by atoms with van der Waals surface area (Å²) >= 11 is 1.75. The van der Waals surface area contributed by atoms with Crippen LogP contribution in [0.4, 0.5) is 11.5 Å². The highest BCUT2D eigenvalue weighted by Gasteiger charge is 2.28. The standard InChI is InChI=1S/C28H33N5OS/c1-4-14-29-20(2)25-18-21-13-17-33(24-11-6-5-9-22(24)27(21)35-25)28(34)23-10-7-12-26(30-23)32-16-8-15-31(3)19-32/h5-7,9-12,18,29H,2,4,8,13-17,19H2,1,3H3. The van der Waals surface area contributed by atoms with Crippen molar-refractivity contribution >= 4 is 34.4 Å². The fraction of sp³-hybridized carbons (Fsp3) is 0.357. The van der Waals surface area contributed by atoms with Crippen molar-refractivity contribution < 1.29 is 4.79 Å². The zero-order valence-corrected chi connectivity index (χ0v) is 21.4. The van der Waals surface area contributed by atoms with Crippen LogP contribution < -0.4 is 15.1 Å². The second-order valence-corrected chi connectivity index (χ2v) is 10.4. The third-order valence-corrected chi connectivity index (χ3v) is 7.91. The Labute approximate surface area is 211 Å². The van der Waals surface area contributed by atoms with Crippen LogP contribution in [0.3, 0.4) is 0 Å². The fourth-order valence-corrected chi connectivity index (χ4v) is 6.02. The SMILES string of the molecule is C=C(NCCC)c1cc2c(s1)-c1ccccc1N(C(=O)c1cccc(N3CCCN(C)C3)n1)CC2. The van der Waals surface area contributed by atoms with E-state index in [1.807, 2.05) is 35.2 Å². The van der Waals surface area contributed by atoms with Crippen LogP contribution in [0.1, 0.15) is 40.7 Å². The number of nitrogens with zero attached hydrogens (tertiary/aromatic N) is 4. The Balaban J connectivity index is 1.44. The number of carbonyl (C=O) groups is 1. The smallest absolute Gasteiger partial charge is 0.276 e. The van der Waals surface area contributed by atoms with Gasteiger partial charge >= 0.3 is 0 Å². The highest BCUT2D eigenvalue weighted by atomic mass is 32.1. The van der Waals surface area contributed by atoms with Crippen LogP contribution >= 0.6 is 11.3 Å². The number of pyridine rings is 1. The first-order valence-electron chi connectivity index (χ1n) is 12.4. The van der Waals surface area contributed by atoms with Gasteiger partial charge in [0.05, 0.1) is 17.2 Å². The first-order chi connectivity index (χ1) is 17.0. The van der Waals surface area contributed by atoms with Crippen LogP contribution in [-0.2, 0) is 6.42 Å². The van der Waals surface area contributed by atoms with Crippen molar-refractivity contribution in [3.05, 3.63) is 71.2 Å². The number of hydrogen-bond acceptors (Lipinski definition) is 6. The molecule has 1 N–H and O–H groups in total. The summed E-state index contributed by atoms with van der Waals surface area (Å²) in [4.78, 5) is 27.4. The summed E-state index contributed by atoms with van der Waals surface area (Å²) in [5.41, 5.74) is 4.78. The highest BCUT2D eigenvalue weighted by Crippen LogP contribution is 2.42. The molecule has 0 bridgehead atoms. The number of anilines is 2. The van der Waals surface area contributed by atoms with E-state index >= 15 is 0 Å². The van der Waals surface area contributed by atoms with Crippen molar-refractivity contribution in [2.24, 2.45) is 0 Å². The lowest BCUT2D eigenvalue weighted by Crippen LogP contribution is -2.43. The second kappa shape index (κ2) is 10.2. The Bertz CT molecular complexity index is 1240. The Hall–Kier alpha value is -3.16. The molecule has 2 aliphatic heterocycles. The molecule has 0 atom stereocenters. The average molecular weight is 488 g/mol. The number of hydrogen-bond donors (Lipinski definition) is 1. The number of nitrogens with one attached hydrogen (secondary N) is 1. The molecule has 0 radical (unpaired) electrons. The molecule has 0 aliphatic carbocycles. The van der Waals surface area contributed by atoms with E-state index < -0.39 is 0 Å². The van der Waals surface area contributed by atoms with E-state index in [0.29, 0.717) is 12.2 Å². The maximum atomic E-state index is 13.8. The quantitative estimate of drug-likeness (QED) is 0.525. The summed E-state index contributed by atoms with van der Waals surface area (Å²) in [6.45, 7) is 10.8. The van der Waals surface area contributed by atoms with E-state index in [1.165, 1.54) is 15.3 Å². The fourth-order valence-electron chi connectivity index (χ4n) is 4.83. The van der Waals surface area contributed by atoms with Gasteiger partial charge in [-0.15, -0.1) is 11.3 Å². The Morgan fingerprint density at radius 2 is 2.00 bits per heavy atom. The van der Waals surface area contributed by atoms with E-state index in [2.05, 4.69) is 53.9 Å². The van der Waals surface area contributed by atoms with Crippen LogP contribution in [0, 0.1) is 0 Å². The van der Waals surface area contributed by atoms with Gasteiger partial charge in [0.15, 0.2) is 0 Å². The Kier molecular flexibility index (Phi) is 6.88. The normalized spacial score (nSPS) is 15.8. The molecule has 0 saturated carbocycles. The third kappa shape index (κ3) is 4.83. The van der Waals surface area contributed by atoms with Crippen LogP contribution in [-0.4, -0.2) is 55.7 Å². The first-order valence-corrected chi connectivity index (χ1v) is 13.2. The molecule has 1 fully saturated rings. The summed E-state index contributed by atoms with van der Waals surface area (Å²) in [6.07, 6.45) is 2.96. The molecule has 2 aliphatic rings. The Morgan fingerprint density at radius 3 is 2.83 bits per heavy atom. The molecular weight excluding hydrogens is 454 g/mol. The lowest BCUT2D eigenvalue weighted by molar-refractivity contribution is 0.0982. The second-order valence-electron chi connectivity index (χ2n) is 9.31. The van der Waals surface area contributed by atoms with Gasteiger partial charge in [0.2, 0.25) is 0 Å². The molecule has 35 heavy (non-hydrogen) atoms. The number of thiophene rings is 1. The lowest BCUT2D eigenvalue weighted by atomic mass is 10.1. The lowest BCUT2D eigenvalue weighted by Gasteiger charge is -2.34.